The molecule has 6 heteroatoms. The van der Waals surface area contributed by atoms with Crippen LogP contribution >= 0.6 is 0 Å². The van der Waals surface area contributed by atoms with Gasteiger partial charge in [0.15, 0.2) is 0 Å². The Labute approximate surface area is 136 Å². The second kappa shape index (κ2) is 6.58. The minimum atomic E-state index is -0.207. The molecule has 0 aromatic heterocycles. The standard InChI is InChI=1S/C17H23N3O3/c1-3-11-4-6-12(7-5-11)19-17(22)20-9-13-8-14(16(21)18-2)15(10-20)23-13/h4-7,13-15H,3,8-10H2,1-2H3,(H,18,21)(H,19,22)/t13-,14-,15-/m0/s1. The number of morpholine rings is 1. The third kappa shape index (κ3) is 3.32. The molecule has 23 heavy (non-hydrogen) atoms. The molecule has 0 radical (unpaired) electrons. The van der Waals surface area contributed by atoms with Crippen molar-refractivity contribution in [3.63, 3.8) is 0 Å². The molecule has 0 aliphatic carbocycles. The summed E-state index contributed by atoms with van der Waals surface area (Å²) in [5.74, 6) is -0.165. The van der Waals surface area contributed by atoms with E-state index in [4.69, 9.17) is 4.74 Å². The molecular formula is C17H23N3O3. The molecule has 2 N–H and O–H groups in total. The van der Waals surface area contributed by atoms with Crippen molar-refractivity contribution in [3.05, 3.63) is 29.8 Å². The van der Waals surface area contributed by atoms with E-state index in [-0.39, 0.29) is 30.1 Å². The van der Waals surface area contributed by atoms with Gasteiger partial charge in [0.25, 0.3) is 0 Å². The number of aryl methyl sites for hydroxylation is 1. The number of urea groups is 1. The number of carbonyl (C=O) groups is 2. The number of rotatable bonds is 3. The number of hydrogen-bond donors (Lipinski definition) is 2. The molecule has 0 saturated carbocycles. The summed E-state index contributed by atoms with van der Waals surface area (Å²) in [7, 11) is 1.63. The Balaban J connectivity index is 1.61. The maximum atomic E-state index is 12.4. The number of amides is 3. The Morgan fingerprint density at radius 1 is 1.26 bits per heavy atom. The summed E-state index contributed by atoms with van der Waals surface area (Å²) in [6.45, 7) is 3.08. The van der Waals surface area contributed by atoms with Gasteiger partial charge in [-0.1, -0.05) is 19.1 Å². The maximum absolute atomic E-state index is 12.4. The maximum Gasteiger partial charge on any atom is 0.322 e. The smallest absolute Gasteiger partial charge is 0.322 e. The lowest BCUT2D eigenvalue weighted by molar-refractivity contribution is -0.127. The molecule has 124 valence electrons. The van der Waals surface area contributed by atoms with Crippen molar-refractivity contribution < 1.29 is 14.3 Å². The van der Waals surface area contributed by atoms with Crippen LogP contribution in [-0.2, 0) is 16.0 Å². The topological polar surface area (TPSA) is 70.7 Å². The fourth-order valence-corrected chi connectivity index (χ4v) is 3.31. The number of nitrogens with zero attached hydrogens (tertiary/aromatic N) is 1. The summed E-state index contributed by atoms with van der Waals surface area (Å²) in [6, 6.07) is 7.73. The number of nitrogens with one attached hydrogen (secondary N) is 2. The fraction of sp³-hybridized carbons (Fsp3) is 0.529. The highest BCUT2D eigenvalue weighted by atomic mass is 16.5. The second-order valence-corrected chi connectivity index (χ2v) is 6.14. The Morgan fingerprint density at radius 3 is 2.65 bits per heavy atom. The van der Waals surface area contributed by atoms with E-state index < -0.39 is 0 Å². The first kappa shape index (κ1) is 15.8. The van der Waals surface area contributed by atoms with Gasteiger partial charge in [-0.05, 0) is 30.5 Å². The zero-order valence-electron chi connectivity index (χ0n) is 13.5. The van der Waals surface area contributed by atoms with Gasteiger partial charge in [0.05, 0.1) is 18.1 Å². The lowest BCUT2D eigenvalue weighted by atomic mass is 10.00. The Kier molecular flexibility index (Phi) is 4.52. The first-order chi connectivity index (χ1) is 11.1. The lowest BCUT2D eigenvalue weighted by Crippen LogP contribution is -2.49. The normalized spacial score (nSPS) is 26.0. The second-order valence-electron chi connectivity index (χ2n) is 6.14. The van der Waals surface area contributed by atoms with E-state index >= 15 is 0 Å². The number of hydrogen-bond acceptors (Lipinski definition) is 3. The molecule has 3 rings (SSSR count). The van der Waals surface area contributed by atoms with Gasteiger partial charge in [-0.2, -0.15) is 0 Å². The number of anilines is 1. The Bertz CT molecular complexity index is 587. The van der Waals surface area contributed by atoms with Crippen LogP contribution in [0.5, 0.6) is 0 Å². The van der Waals surface area contributed by atoms with E-state index in [1.165, 1.54) is 5.56 Å². The van der Waals surface area contributed by atoms with Crippen molar-refractivity contribution in [1.29, 1.82) is 0 Å². The SMILES string of the molecule is CCc1ccc(NC(=O)N2C[C@@H]3C[C@H](C(=O)NC)[C@H](C2)O3)cc1. The predicted octanol–water partition coefficient (Wildman–Crippen LogP) is 1.62. The minimum absolute atomic E-state index is 0.00471. The third-order valence-electron chi connectivity index (χ3n) is 4.64. The molecule has 1 aromatic carbocycles. The minimum Gasteiger partial charge on any atom is -0.370 e. The number of ether oxygens (including phenoxy) is 1. The monoisotopic (exact) mass is 317 g/mol. The van der Waals surface area contributed by atoms with Gasteiger partial charge in [0, 0.05) is 25.8 Å². The van der Waals surface area contributed by atoms with Gasteiger partial charge in [-0.3, -0.25) is 4.79 Å². The van der Waals surface area contributed by atoms with Crippen LogP contribution in [0.25, 0.3) is 0 Å². The molecule has 0 unspecified atom stereocenters. The zero-order chi connectivity index (χ0) is 16.4. The first-order valence-electron chi connectivity index (χ1n) is 8.12. The van der Waals surface area contributed by atoms with Crippen LogP contribution in [0.4, 0.5) is 10.5 Å². The number of fused-ring (bicyclic) bond motifs is 2. The largest absolute Gasteiger partial charge is 0.370 e. The van der Waals surface area contributed by atoms with E-state index in [9.17, 15) is 9.59 Å². The van der Waals surface area contributed by atoms with Crippen LogP contribution < -0.4 is 10.6 Å². The Hall–Kier alpha value is -2.08. The van der Waals surface area contributed by atoms with E-state index in [0.29, 0.717) is 19.5 Å². The molecule has 1 aromatic rings. The van der Waals surface area contributed by atoms with E-state index in [0.717, 1.165) is 12.1 Å². The lowest BCUT2D eigenvalue weighted by Gasteiger charge is -2.32. The van der Waals surface area contributed by atoms with Gasteiger partial charge >= 0.3 is 6.03 Å². The molecule has 2 fully saturated rings. The van der Waals surface area contributed by atoms with Crippen molar-refractivity contribution in [1.82, 2.24) is 10.2 Å². The predicted molar refractivity (Wildman–Crippen MR) is 87.2 cm³/mol. The highest BCUT2D eigenvalue weighted by Gasteiger charge is 2.45. The van der Waals surface area contributed by atoms with Gasteiger partial charge < -0.3 is 20.3 Å². The van der Waals surface area contributed by atoms with Gasteiger partial charge in [0.1, 0.15) is 0 Å². The molecule has 0 spiro atoms. The highest BCUT2D eigenvalue weighted by molar-refractivity contribution is 5.89. The Morgan fingerprint density at radius 2 is 2.00 bits per heavy atom. The molecule has 3 amide bonds. The van der Waals surface area contributed by atoms with Crippen LogP contribution in [0.2, 0.25) is 0 Å². The van der Waals surface area contributed by atoms with E-state index in [2.05, 4.69) is 17.6 Å². The first-order valence-corrected chi connectivity index (χ1v) is 8.12. The summed E-state index contributed by atoms with van der Waals surface area (Å²) in [5, 5.41) is 5.60. The average Bonchev–Trinajstić information content (AvgIpc) is 2.88. The summed E-state index contributed by atoms with van der Waals surface area (Å²) in [5.41, 5.74) is 2.02. The number of benzene rings is 1. The molecule has 2 aliphatic heterocycles. The van der Waals surface area contributed by atoms with Gasteiger partial charge in [0.2, 0.25) is 5.91 Å². The van der Waals surface area contributed by atoms with Crippen LogP contribution in [0.15, 0.2) is 24.3 Å². The fourth-order valence-electron chi connectivity index (χ4n) is 3.31. The van der Waals surface area contributed by atoms with Crippen molar-refractivity contribution in [3.8, 4) is 0 Å². The zero-order valence-corrected chi connectivity index (χ0v) is 13.5. The molecule has 2 saturated heterocycles. The van der Waals surface area contributed by atoms with Crippen molar-refractivity contribution in [2.45, 2.75) is 32.0 Å². The molecule has 2 bridgehead atoms. The summed E-state index contributed by atoms with van der Waals surface area (Å²) in [6.07, 6.45) is 1.40. The van der Waals surface area contributed by atoms with Gasteiger partial charge in [-0.25, -0.2) is 4.79 Å². The average molecular weight is 317 g/mol. The molecule has 3 atom stereocenters. The van der Waals surface area contributed by atoms with Crippen LogP contribution in [0, 0.1) is 5.92 Å². The quantitative estimate of drug-likeness (QED) is 0.890. The van der Waals surface area contributed by atoms with Crippen molar-refractivity contribution in [2.24, 2.45) is 5.92 Å². The molecular weight excluding hydrogens is 294 g/mol. The third-order valence-corrected chi connectivity index (χ3v) is 4.64. The summed E-state index contributed by atoms with van der Waals surface area (Å²) < 4.78 is 5.81. The van der Waals surface area contributed by atoms with E-state index in [1.807, 2.05) is 24.3 Å². The van der Waals surface area contributed by atoms with E-state index in [1.54, 1.807) is 11.9 Å². The molecule has 2 heterocycles. The van der Waals surface area contributed by atoms with Crippen molar-refractivity contribution >= 4 is 17.6 Å². The number of likely N-dealkylation sites (tertiary alicyclic amines) is 1. The van der Waals surface area contributed by atoms with Crippen LogP contribution in [0.3, 0.4) is 0 Å². The highest BCUT2D eigenvalue weighted by Crippen LogP contribution is 2.32. The summed E-state index contributed by atoms with van der Waals surface area (Å²) >= 11 is 0. The van der Waals surface area contributed by atoms with Crippen molar-refractivity contribution in [2.75, 3.05) is 25.5 Å². The molecule has 2 aliphatic rings. The number of carbonyl (C=O) groups excluding carboxylic acids is 2. The van der Waals surface area contributed by atoms with Gasteiger partial charge in [-0.15, -0.1) is 0 Å². The molecule has 6 nitrogen and oxygen atoms in total. The summed E-state index contributed by atoms with van der Waals surface area (Å²) in [4.78, 5) is 26.1. The van der Waals surface area contributed by atoms with Crippen LogP contribution in [0.1, 0.15) is 18.9 Å². The van der Waals surface area contributed by atoms with Crippen LogP contribution in [-0.4, -0.2) is 49.2 Å².